The molecular formula is C13H12N4. The lowest BCUT2D eigenvalue weighted by Crippen LogP contribution is -2.08. The molecule has 4 heteroatoms. The maximum Gasteiger partial charge on any atom is 0.127 e. The van der Waals surface area contributed by atoms with Gasteiger partial charge in [0.2, 0.25) is 0 Å². The highest BCUT2D eigenvalue weighted by Gasteiger charge is 2.05. The first-order chi connectivity index (χ1) is 8.29. The lowest BCUT2D eigenvalue weighted by Gasteiger charge is -2.14. The first kappa shape index (κ1) is 11.1. The summed E-state index contributed by atoms with van der Waals surface area (Å²) < 4.78 is 0. The van der Waals surface area contributed by atoms with Crippen molar-refractivity contribution < 1.29 is 0 Å². The first-order valence-electron chi connectivity index (χ1n) is 5.32. The molecule has 0 aliphatic carbocycles. The van der Waals surface area contributed by atoms with Gasteiger partial charge in [0.1, 0.15) is 5.82 Å². The van der Waals surface area contributed by atoms with E-state index in [2.05, 4.69) is 21.4 Å². The number of hydrogen-bond acceptors (Lipinski definition) is 4. The second-order valence-corrected chi connectivity index (χ2v) is 3.69. The molecule has 17 heavy (non-hydrogen) atoms. The molecule has 1 atom stereocenters. The molecule has 2 heterocycles. The highest BCUT2D eigenvalue weighted by Crippen LogP contribution is 2.16. The maximum atomic E-state index is 8.80. The van der Waals surface area contributed by atoms with Crippen LogP contribution in [0.4, 0.5) is 5.82 Å². The molecule has 2 rings (SSSR count). The highest BCUT2D eigenvalue weighted by molar-refractivity contribution is 5.43. The summed E-state index contributed by atoms with van der Waals surface area (Å²) in [5.41, 5.74) is 1.68. The van der Waals surface area contributed by atoms with Crippen molar-refractivity contribution >= 4 is 5.82 Å². The molecule has 0 radical (unpaired) electrons. The van der Waals surface area contributed by atoms with Crippen LogP contribution in [0.25, 0.3) is 0 Å². The van der Waals surface area contributed by atoms with E-state index >= 15 is 0 Å². The summed E-state index contributed by atoms with van der Waals surface area (Å²) in [5, 5.41) is 12.0. The van der Waals surface area contributed by atoms with Gasteiger partial charge in [0.25, 0.3) is 0 Å². The van der Waals surface area contributed by atoms with Gasteiger partial charge in [0.15, 0.2) is 0 Å². The first-order valence-corrected chi connectivity index (χ1v) is 5.32. The summed E-state index contributed by atoms with van der Waals surface area (Å²) in [6, 6.07) is 9.49. The smallest absolute Gasteiger partial charge is 0.127 e. The zero-order chi connectivity index (χ0) is 12.1. The van der Waals surface area contributed by atoms with Gasteiger partial charge < -0.3 is 5.32 Å². The Morgan fingerprint density at radius 1 is 1.35 bits per heavy atom. The molecule has 0 fully saturated rings. The molecule has 4 nitrogen and oxygen atoms in total. The Morgan fingerprint density at radius 3 is 2.94 bits per heavy atom. The summed E-state index contributed by atoms with van der Waals surface area (Å²) in [5.74, 6) is 0.695. The van der Waals surface area contributed by atoms with Gasteiger partial charge >= 0.3 is 0 Å². The van der Waals surface area contributed by atoms with Crippen LogP contribution in [0.5, 0.6) is 0 Å². The monoisotopic (exact) mass is 224 g/mol. The van der Waals surface area contributed by atoms with Crippen LogP contribution in [0.3, 0.4) is 0 Å². The fourth-order valence-corrected chi connectivity index (χ4v) is 1.52. The Bertz CT molecular complexity index is 531. The molecule has 1 N–H and O–H groups in total. The fraction of sp³-hybridized carbons (Fsp3) is 0.154. The summed E-state index contributed by atoms with van der Waals surface area (Å²) in [6.07, 6.45) is 5.17. The predicted molar refractivity (Wildman–Crippen MR) is 65.2 cm³/mol. The molecule has 2 aromatic heterocycles. The molecule has 0 bridgehead atoms. The number of nitriles is 1. The number of anilines is 1. The molecule has 0 saturated carbocycles. The minimum atomic E-state index is 0.102. The summed E-state index contributed by atoms with van der Waals surface area (Å²) in [6.45, 7) is 2.03. The number of aromatic nitrogens is 2. The molecule has 0 spiro atoms. The van der Waals surface area contributed by atoms with Gasteiger partial charge in [-0.1, -0.05) is 6.07 Å². The van der Waals surface area contributed by atoms with E-state index in [1.165, 1.54) is 0 Å². The van der Waals surface area contributed by atoms with Crippen LogP contribution >= 0.6 is 0 Å². The Hall–Kier alpha value is -2.41. The molecule has 0 saturated heterocycles. The molecule has 0 amide bonds. The highest BCUT2D eigenvalue weighted by atomic mass is 15.0. The van der Waals surface area contributed by atoms with Crippen LogP contribution in [-0.4, -0.2) is 9.97 Å². The zero-order valence-electron chi connectivity index (χ0n) is 9.46. The molecule has 2 aromatic rings. The van der Waals surface area contributed by atoms with Gasteiger partial charge in [-0.2, -0.15) is 5.26 Å². The van der Waals surface area contributed by atoms with Crippen LogP contribution in [0.15, 0.2) is 42.9 Å². The Labute approximate surface area is 100.0 Å². The standard InChI is InChI=1S/C13H12N4/c1-10(12-3-2-5-15-9-12)17-13-7-11(8-14)4-6-16-13/h2-7,9-10H,1H3,(H,16,17). The third-order valence-corrected chi connectivity index (χ3v) is 2.44. The van der Waals surface area contributed by atoms with Crippen LogP contribution in [0.1, 0.15) is 24.1 Å². The number of nitrogens with one attached hydrogen (secondary N) is 1. The molecular weight excluding hydrogens is 212 g/mol. The second-order valence-electron chi connectivity index (χ2n) is 3.69. The summed E-state index contributed by atoms with van der Waals surface area (Å²) in [4.78, 5) is 8.24. The van der Waals surface area contributed by atoms with Crippen LogP contribution < -0.4 is 5.32 Å². The van der Waals surface area contributed by atoms with Crippen molar-refractivity contribution in [2.75, 3.05) is 5.32 Å². The van der Waals surface area contributed by atoms with Crippen molar-refractivity contribution in [3.05, 3.63) is 54.0 Å². The summed E-state index contributed by atoms with van der Waals surface area (Å²) in [7, 11) is 0. The summed E-state index contributed by atoms with van der Waals surface area (Å²) >= 11 is 0. The van der Waals surface area contributed by atoms with Gasteiger partial charge in [-0.25, -0.2) is 4.98 Å². The van der Waals surface area contributed by atoms with E-state index in [1.807, 2.05) is 25.3 Å². The van der Waals surface area contributed by atoms with E-state index in [0.717, 1.165) is 5.56 Å². The van der Waals surface area contributed by atoms with Gasteiger partial charge in [-0.3, -0.25) is 4.98 Å². The van der Waals surface area contributed by atoms with E-state index < -0.39 is 0 Å². The van der Waals surface area contributed by atoms with Crippen molar-refractivity contribution in [1.82, 2.24) is 9.97 Å². The average Bonchev–Trinajstić information content (AvgIpc) is 2.40. The third kappa shape index (κ3) is 2.79. The Balaban J connectivity index is 2.13. The van der Waals surface area contributed by atoms with Crippen molar-refractivity contribution in [3.63, 3.8) is 0 Å². The molecule has 0 aromatic carbocycles. The van der Waals surface area contributed by atoms with E-state index in [1.54, 1.807) is 24.5 Å². The minimum absolute atomic E-state index is 0.102. The van der Waals surface area contributed by atoms with Crippen LogP contribution in [0, 0.1) is 11.3 Å². The van der Waals surface area contributed by atoms with Crippen LogP contribution in [-0.2, 0) is 0 Å². The minimum Gasteiger partial charge on any atom is -0.363 e. The lowest BCUT2D eigenvalue weighted by molar-refractivity contribution is 0.866. The Kier molecular flexibility index (Phi) is 3.31. The fourth-order valence-electron chi connectivity index (χ4n) is 1.52. The van der Waals surface area contributed by atoms with E-state index in [9.17, 15) is 0 Å². The molecule has 84 valence electrons. The average molecular weight is 224 g/mol. The predicted octanol–water partition coefficient (Wildman–Crippen LogP) is 2.52. The quantitative estimate of drug-likeness (QED) is 0.870. The second kappa shape index (κ2) is 5.08. The van der Waals surface area contributed by atoms with Gasteiger partial charge in [-0.05, 0) is 30.7 Å². The maximum absolute atomic E-state index is 8.80. The number of rotatable bonds is 3. The Morgan fingerprint density at radius 2 is 2.24 bits per heavy atom. The van der Waals surface area contributed by atoms with Crippen LogP contribution in [0.2, 0.25) is 0 Å². The van der Waals surface area contributed by atoms with E-state index in [4.69, 9.17) is 5.26 Å². The van der Waals surface area contributed by atoms with Gasteiger partial charge in [-0.15, -0.1) is 0 Å². The van der Waals surface area contributed by atoms with Crippen molar-refractivity contribution in [1.29, 1.82) is 5.26 Å². The van der Waals surface area contributed by atoms with E-state index in [0.29, 0.717) is 11.4 Å². The van der Waals surface area contributed by atoms with Crippen molar-refractivity contribution in [2.45, 2.75) is 13.0 Å². The van der Waals surface area contributed by atoms with Gasteiger partial charge in [0, 0.05) is 18.6 Å². The van der Waals surface area contributed by atoms with Gasteiger partial charge in [0.05, 0.1) is 17.7 Å². The molecule has 1 unspecified atom stereocenters. The van der Waals surface area contributed by atoms with Crippen molar-refractivity contribution in [3.8, 4) is 6.07 Å². The number of pyridine rings is 2. The molecule has 0 aliphatic rings. The zero-order valence-corrected chi connectivity index (χ0v) is 9.46. The SMILES string of the molecule is CC(Nc1cc(C#N)ccn1)c1cccnc1. The van der Waals surface area contributed by atoms with Crippen molar-refractivity contribution in [2.24, 2.45) is 0 Å². The van der Waals surface area contributed by atoms with E-state index in [-0.39, 0.29) is 6.04 Å². The molecule has 0 aliphatic heterocycles. The third-order valence-electron chi connectivity index (χ3n) is 2.44. The number of hydrogen-bond donors (Lipinski definition) is 1. The lowest BCUT2D eigenvalue weighted by atomic mass is 10.1. The largest absolute Gasteiger partial charge is 0.363 e. The normalized spacial score (nSPS) is 11.5. The topological polar surface area (TPSA) is 61.6 Å². The number of nitrogens with zero attached hydrogens (tertiary/aromatic N) is 3.